The number of nitrogens with one attached hydrogen (secondary N) is 1. The van der Waals surface area contributed by atoms with Crippen LogP contribution in [0.5, 0.6) is 0 Å². The second-order valence-electron chi connectivity index (χ2n) is 9.94. The molecule has 26 heavy (non-hydrogen) atoms. The van der Waals surface area contributed by atoms with Crippen molar-refractivity contribution in [1.82, 2.24) is 0 Å². The first-order chi connectivity index (χ1) is 12.5. The van der Waals surface area contributed by atoms with Gasteiger partial charge in [-0.2, -0.15) is 0 Å². The highest BCUT2D eigenvalue weighted by molar-refractivity contribution is 5.80. The van der Waals surface area contributed by atoms with E-state index in [9.17, 15) is 4.79 Å². The van der Waals surface area contributed by atoms with Crippen molar-refractivity contribution < 1.29 is 14.0 Å². The van der Waals surface area contributed by atoms with E-state index in [1.165, 1.54) is 54.5 Å². The van der Waals surface area contributed by atoms with Crippen molar-refractivity contribution in [1.29, 1.82) is 0 Å². The monoisotopic (exact) mass is 353 g/mol. The Morgan fingerprint density at radius 2 is 2.04 bits per heavy atom. The summed E-state index contributed by atoms with van der Waals surface area (Å²) >= 11 is 0. The zero-order valence-corrected chi connectivity index (χ0v) is 15.9. The van der Waals surface area contributed by atoms with Gasteiger partial charge in [0, 0.05) is 17.5 Å². The van der Waals surface area contributed by atoms with Crippen LogP contribution in [0.3, 0.4) is 0 Å². The van der Waals surface area contributed by atoms with Gasteiger partial charge in [-0.3, -0.25) is 4.79 Å². The molecule has 5 unspecified atom stereocenters. The van der Waals surface area contributed by atoms with Crippen LogP contribution in [0, 0.1) is 11.3 Å². The average molecular weight is 353 g/mol. The zero-order valence-electron chi connectivity index (χ0n) is 15.9. The second kappa shape index (κ2) is 4.46. The molecule has 0 radical (unpaired) electrons. The van der Waals surface area contributed by atoms with E-state index in [-0.39, 0.29) is 22.8 Å². The third-order valence-electron chi connectivity index (χ3n) is 9.30. The smallest absolute Gasteiger partial charge is 0.311 e. The van der Waals surface area contributed by atoms with Gasteiger partial charge < -0.3 is 14.5 Å². The SMILES string of the molecule is COC(=O)C1CC23CCC[N+]4(C)CCC5(c6ccccc6NC15CC2)[C@H]34. The number of quaternary nitrogens is 1. The van der Waals surface area contributed by atoms with Crippen LogP contribution in [-0.2, 0) is 14.9 Å². The standard InChI is InChI=1S/C22H29N2O2/c1-24-12-5-8-20-9-10-22(16(14-20)18(25)26-2)21(11-13-24,19(20)24)15-6-3-4-7-17(15)23-22/h3-4,6-7,16,19,23H,5,8-14H2,1-2H3/q+1/t16?,19-,20?,21?,22?,24?/m0/s1. The summed E-state index contributed by atoms with van der Waals surface area (Å²) in [5, 5.41) is 3.96. The Bertz CT molecular complexity index is 824. The van der Waals surface area contributed by atoms with Crippen molar-refractivity contribution in [3.63, 3.8) is 0 Å². The Morgan fingerprint density at radius 3 is 2.88 bits per heavy atom. The summed E-state index contributed by atoms with van der Waals surface area (Å²) in [6.45, 7) is 2.55. The number of esters is 1. The zero-order chi connectivity index (χ0) is 17.8. The molecule has 2 saturated heterocycles. The van der Waals surface area contributed by atoms with Gasteiger partial charge in [-0.1, -0.05) is 18.2 Å². The first-order valence-electron chi connectivity index (χ1n) is 10.3. The second-order valence-corrected chi connectivity index (χ2v) is 9.94. The van der Waals surface area contributed by atoms with E-state index in [2.05, 4.69) is 36.6 Å². The molecular formula is C22H29N2O2+. The number of likely N-dealkylation sites (N-methyl/N-ethyl adjacent to an activating group) is 1. The summed E-state index contributed by atoms with van der Waals surface area (Å²) < 4.78 is 6.58. The first-order valence-corrected chi connectivity index (χ1v) is 10.3. The van der Waals surface area contributed by atoms with Crippen LogP contribution < -0.4 is 5.32 Å². The predicted molar refractivity (Wildman–Crippen MR) is 99.8 cm³/mol. The van der Waals surface area contributed by atoms with E-state index < -0.39 is 0 Å². The molecule has 3 saturated carbocycles. The fourth-order valence-electron chi connectivity index (χ4n) is 8.79. The van der Waals surface area contributed by atoms with Crippen LogP contribution in [0.25, 0.3) is 0 Å². The quantitative estimate of drug-likeness (QED) is 0.623. The predicted octanol–water partition coefficient (Wildman–Crippen LogP) is 3.07. The molecule has 1 aromatic rings. The van der Waals surface area contributed by atoms with Gasteiger partial charge in [-0.15, -0.1) is 0 Å². The number of anilines is 1. The summed E-state index contributed by atoms with van der Waals surface area (Å²) in [6.07, 6.45) is 7.19. The van der Waals surface area contributed by atoms with Crippen LogP contribution in [0.15, 0.2) is 24.3 Å². The maximum atomic E-state index is 13.0. The Kier molecular flexibility index (Phi) is 2.66. The van der Waals surface area contributed by atoms with Crippen LogP contribution in [0.2, 0.25) is 0 Å². The van der Waals surface area contributed by atoms with E-state index in [4.69, 9.17) is 4.74 Å². The minimum absolute atomic E-state index is 0.00822. The Labute approximate surface area is 155 Å². The summed E-state index contributed by atoms with van der Waals surface area (Å²) in [5.74, 6) is -0.0107. The number of carbonyl (C=O) groups excluding carboxylic acids is 1. The summed E-state index contributed by atoms with van der Waals surface area (Å²) in [6, 6.07) is 9.56. The molecule has 3 aliphatic carbocycles. The van der Waals surface area contributed by atoms with Crippen LogP contribution in [0.4, 0.5) is 5.69 Å². The molecule has 1 N–H and O–H groups in total. The maximum absolute atomic E-state index is 13.0. The Hall–Kier alpha value is -1.55. The summed E-state index contributed by atoms with van der Waals surface area (Å²) in [7, 11) is 4.07. The Balaban J connectivity index is 1.67. The molecule has 3 spiro atoms. The van der Waals surface area contributed by atoms with Crippen molar-refractivity contribution in [3.8, 4) is 0 Å². The van der Waals surface area contributed by atoms with Gasteiger partial charge >= 0.3 is 5.97 Å². The third kappa shape index (κ3) is 1.38. The van der Waals surface area contributed by atoms with Crippen LogP contribution in [-0.4, -0.2) is 49.3 Å². The number of para-hydroxylation sites is 1. The third-order valence-corrected chi connectivity index (χ3v) is 9.30. The number of nitrogens with zero attached hydrogens (tertiary/aromatic N) is 1. The number of carbonyl (C=O) groups is 1. The van der Waals surface area contributed by atoms with Crippen LogP contribution in [0.1, 0.15) is 44.1 Å². The van der Waals surface area contributed by atoms with Gasteiger partial charge in [0.25, 0.3) is 0 Å². The van der Waals surface area contributed by atoms with E-state index in [0.717, 1.165) is 12.8 Å². The van der Waals surface area contributed by atoms with Gasteiger partial charge in [-0.05, 0) is 43.7 Å². The maximum Gasteiger partial charge on any atom is 0.311 e. The molecule has 0 aromatic heterocycles. The van der Waals surface area contributed by atoms with Crippen molar-refractivity contribution in [2.75, 3.05) is 32.6 Å². The molecule has 2 bridgehead atoms. The van der Waals surface area contributed by atoms with Gasteiger partial charge in [0.15, 0.2) is 0 Å². The highest BCUT2D eigenvalue weighted by atomic mass is 16.5. The molecule has 6 aliphatic rings. The molecule has 5 fully saturated rings. The largest absolute Gasteiger partial charge is 0.469 e. The van der Waals surface area contributed by atoms with Crippen LogP contribution >= 0.6 is 0 Å². The molecular weight excluding hydrogens is 324 g/mol. The highest BCUT2D eigenvalue weighted by Gasteiger charge is 2.83. The lowest BCUT2D eigenvalue weighted by Crippen LogP contribution is -2.79. The van der Waals surface area contributed by atoms with Gasteiger partial charge in [0.1, 0.15) is 6.04 Å². The molecule has 1 aromatic carbocycles. The molecule has 4 heteroatoms. The number of rotatable bonds is 1. The molecule has 0 amide bonds. The fraction of sp³-hybridized carbons (Fsp3) is 0.682. The molecule has 4 nitrogen and oxygen atoms in total. The number of hydrogen-bond donors (Lipinski definition) is 1. The molecule has 7 rings (SSSR count). The number of ether oxygens (including phenoxy) is 1. The average Bonchev–Trinajstić information content (AvgIpc) is 3.15. The lowest BCUT2D eigenvalue weighted by molar-refractivity contribution is -0.939. The minimum atomic E-state index is -0.149. The number of fused-ring (bicyclic) bond motifs is 3. The van der Waals surface area contributed by atoms with E-state index >= 15 is 0 Å². The van der Waals surface area contributed by atoms with Crippen molar-refractivity contribution in [3.05, 3.63) is 29.8 Å². The lowest BCUT2D eigenvalue weighted by atomic mass is 9.38. The number of piperidine rings is 1. The normalized spacial score (nSPS) is 49.8. The minimum Gasteiger partial charge on any atom is -0.469 e. The Morgan fingerprint density at radius 1 is 1.19 bits per heavy atom. The van der Waals surface area contributed by atoms with Crippen molar-refractivity contribution in [2.45, 2.75) is 55.5 Å². The topological polar surface area (TPSA) is 38.3 Å². The summed E-state index contributed by atoms with van der Waals surface area (Å²) in [5.41, 5.74) is 3.02. The number of benzene rings is 1. The number of methoxy groups -OCH3 is 1. The van der Waals surface area contributed by atoms with E-state index in [1.807, 2.05) is 0 Å². The van der Waals surface area contributed by atoms with Crippen molar-refractivity contribution >= 4 is 11.7 Å². The van der Waals surface area contributed by atoms with E-state index in [0.29, 0.717) is 11.5 Å². The lowest BCUT2D eigenvalue weighted by Gasteiger charge is -2.68. The highest BCUT2D eigenvalue weighted by Crippen LogP contribution is 2.75. The van der Waals surface area contributed by atoms with Crippen molar-refractivity contribution in [2.24, 2.45) is 11.3 Å². The van der Waals surface area contributed by atoms with Gasteiger partial charge in [0.2, 0.25) is 0 Å². The summed E-state index contributed by atoms with van der Waals surface area (Å²) in [4.78, 5) is 13.0. The number of hydrogen-bond acceptors (Lipinski definition) is 3. The molecule has 6 atom stereocenters. The van der Waals surface area contributed by atoms with Gasteiger partial charge in [0.05, 0.1) is 44.1 Å². The van der Waals surface area contributed by atoms with E-state index in [1.54, 1.807) is 7.11 Å². The fourth-order valence-corrected chi connectivity index (χ4v) is 8.79. The molecule has 3 heterocycles. The molecule has 138 valence electrons. The first kappa shape index (κ1) is 15.5. The van der Waals surface area contributed by atoms with Gasteiger partial charge in [-0.25, -0.2) is 0 Å². The molecule has 3 aliphatic heterocycles.